The van der Waals surface area contributed by atoms with Gasteiger partial charge in [-0.05, 0) is 42.7 Å². The van der Waals surface area contributed by atoms with Crippen LogP contribution < -0.4 is 0 Å². The molecule has 0 radical (unpaired) electrons. The molecule has 0 aliphatic carbocycles. The maximum absolute atomic E-state index is 11.6. The number of ether oxygens (including phenoxy) is 1. The van der Waals surface area contributed by atoms with Crippen LogP contribution in [0.5, 0.6) is 0 Å². The molecule has 1 fully saturated rings. The highest BCUT2D eigenvalue weighted by atomic mass is 32.2. The lowest BCUT2D eigenvalue weighted by Crippen LogP contribution is -2.31. The van der Waals surface area contributed by atoms with Crippen LogP contribution >= 0.6 is 0 Å². The van der Waals surface area contributed by atoms with Gasteiger partial charge in [0, 0.05) is 38.7 Å². The second-order valence-corrected chi connectivity index (χ2v) is 8.56. The Morgan fingerprint density at radius 1 is 1.16 bits per heavy atom. The van der Waals surface area contributed by atoms with E-state index >= 15 is 0 Å². The lowest BCUT2D eigenvalue weighted by molar-refractivity contribution is 0.0675. The minimum atomic E-state index is -3.16. The monoisotopic (exact) mass is 360 g/mol. The smallest absolute Gasteiger partial charge is 0.175 e. The third kappa shape index (κ3) is 5.36. The molecule has 0 amide bonds. The van der Waals surface area contributed by atoms with Crippen LogP contribution in [-0.4, -0.2) is 43.8 Å². The van der Waals surface area contributed by atoms with Crippen LogP contribution in [0, 0.1) is 0 Å². The van der Waals surface area contributed by atoms with E-state index in [1.807, 2.05) is 30.3 Å². The maximum Gasteiger partial charge on any atom is 0.175 e. The summed E-state index contributed by atoms with van der Waals surface area (Å²) in [6.45, 7) is 3.17. The van der Waals surface area contributed by atoms with Gasteiger partial charge in [-0.3, -0.25) is 9.88 Å². The Morgan fingerprint density at radius 2 is 1.96 bits per heavy atom. The summed E-state index contributed by atoms with van der Waals surface area (Å²) in [6.07, 6.45) is 5.50. The largest absolute Gasteiger partial charge is 0.377 e. The van der Waals surface area contributed by atoms with Gasteiger partial charge in [-0.15, -0.1) is 0 Å². The standard InChI is InChI=1S/C19H24N2O3S/c1-25(22,23)19-9-7-16(8-10-19)13-21(15-18-6-4-12-24-18)14-17-5-2-3-11-20-17/h2-3,5,7-11,18H,4,6,12-15H2,1H3/t18-/m1/s1. The van der Waals surface area contributed by atoms with Crippen LogP contribution in [0.2, 0.25) is 0 Å². The van der Waals surface area contributed by atoms with Gasteiger partial charge in [-0.1, -0.05) is 18.2 Å². The van der Waals surface area contributed by atoms with Crippen LogP contribution in [-0.2, 0) is 27.7 Å². The fraction of sp³-hybridized carbons (Fsp3) is 0.421. The zero-order chi connectivity index (χ0) is 17.7. The van der Waals surface area contributed by atoms with Gasteiger partial charge < -0.3 is 4.74 Å². The Bertz CT molecular complexity index is 770. The Labute approximate surface area is 149 Å². The molecule has 0 spiro atoms. The Hall–Kier alpha value is -1.76. The predicted molar refractivity (Wildman–Crippen MR) is 96.9 cm³/mol. The number of benzene rings is 1. The summed E-state index contributed by atoms with van der Waals surface area (Å²) >= 11 is 0. The van der Waals surface area contributed by atoms with Crippen molar-refractivity contribution in [3.05, 3.63) is 59.9 Å². The van der Waals surface area contributed by atoms with Crippen LogP contribution in [0.3, 0.4) is 0 Å². The van der Waals surface area contributed by atoms with E-state index in [0.29, 0.717) is 4.90 Å². The number of sulfone groups is 1. The van der Waals surface area contributed by atoms with Crippen LogP contribution in [0.15, 0.2) is 53.6 Å². The van der Waals surface area contributed by atoms with E-state index in [2.05, 4.69) is 9.88 Å². The fourth-order valence-corrected chi connectivity index (χ4v) is 3.71. The molecule has 25 heavy (non-hydrogen) atoms. The molecule has 0 N–H and O–H groups in total. The van der Waals surface area contributed by atoms with E-state index < -0.39 is 9.84 Å². The molecule has 0 bridgehead atoms. The van der Waals surface area contributed by atoms with Gasteiger partial charge in [0.1, 0.15) is 0 Å². The molecule has 134 valence electrons. The zero-order valence-corrected chi connectivity index (χ0v) is 15.3. The van der Waals surface area contributed by atoms with Gasteiger partial charge >= 0.3 is 0 Å². The van der Waals surface area contributed by atoms with Crippen molar-refractivity contribution < 1.29 is 13.2 Å². The molecule has 1 aromatic heterocycles. The van der Waals surface area contributed by atoms with Gasteiger partial charge in [-0.2, -0.15) is 0 Å². The summed E-state index contributed by atoms with van der Waals surface area (Å²) in [5.41, 5.74) is 2.11. The highest BCUT2D eigenvalue weighted by Crippen LogP contribution is 2.18. The van der Waals surface area contributed by atoms with E-state index in [-0.39, 0.29) is 6.10 Å². The molecule has 1 saturated heterocycles. The molecule has 2 aromatic rings. The van der Waals surface area contributed by atoms with Crippen molar-refractivity contribution >= 4 is 9.84 Å². The van der Waals surface area contributed by atoms with E-state index in [0.717, 1.165) is 50.3 Å². The van der Waals surface area contributed by atoms with E-state index in [9.17, 15) is 8.42 Å². The molecule has 5 nitrogen and oxygen atoms in total. The molecule has 1 aliphatic rings. The molecule has 6 heteroatoms. The highest BCUT2D eigenvalue weighted by molar-refractivity contribution is 7.90. The molecule has 1 aromatic carbocycles. The topological polar surface area (TPSA) is 59.5 Å². The highest BCUT2D eigenvalue weighted by Gasteiger charge is 2.20. The van der Waals surface area contributed by atoms with Gasteiger partial charge in [-0.25, -0.2) is 8.42 Å². The van der Waals surface area contributed by atoms with Crippen molar-refractivity contribution in [2.75, 3.05) is 19.4 Å². The van der Waals surface area contributed by atoms with E-state index in [1.54, 1.807) is 18.3 Å². The fourth-order valence-electron chi connectivity index (χ4n) is 3.08. The van der Waals surface area contributed by atoms with Crippen molar-refractivity contribution in [1.29, 1.82) is 0 Å². The Kier molecular flexibility index (Phi) is 5.83. The number of aromatic nitrogens is 1. The van der Waals surface area contributed by atoms with Crippen molar-refractivity contribution in [2.45, 2.75) is 36.9 Å². The maximum atomic E-state index is 11.6. The first-order valence-corrected chi connectivity index (χ1v) is 10.4. The number of pyridine rings is 1. The second kappa shape index (κ2) is 8.08. The molecule has 0 unspecified atom stereocenters. The molecule has 1 aliphatic heterocycles. The van der Waals surface area contributed by atoms with E-state index in [1.165, 1.54) is 6.26 Å². The average molecular weight is 360 g/mol. The van der Waals surface area contributed by atoms with Crippen molar-refractivity contribution in [1.82, 2.24) is 9.88 Å². The van der Waals surface area contributed by atoms with Crippen molar-refractivity contribution in [2.24, 2.45) is 0 Å². The normalized spacial score (nSPS) is 17.9. The van der Waals surface area contributed by atoms with Crippen molar-refractivity contribution in [3.8, 4) is 0 Å². The summed E-state index contributed by atoms with van der Waals surface area (Å²) in [6, 6.07) is 13.1. The quantitative estimate of drug-likeness (QED) is 0.760. The number of nitrogens with zero attached hydrogens (tertiary/aromatic N) is 2. The third-order valence-electron chi connectivity index (χ3n) is 4.36. The summed E-state index contributed by atoms with van der Waals surface area (Å²) < 4.78 is 29.0. The van der Waals surface area contributed by atoms with Gasteiger partial charge in [0.15, 0.2) is 9.84 Å². The number of hydrogen-bond acceptors (Lipinski definition) is 5. The SMILES string of the molecule is CS(=O)(=O)c1ccc(CN(Cc2ccccn2)C[C@H]2CCCO2)cc1. The lowest BCUT2D eigenvalue weighted by Gasteiger charge is -2.25. The average Bonchev–Trinajstić information content (AvgIpc) is 3.08. The molecular formula is C19H24N2O3S. The number of rotatable bonds is 7. The molecular weight excluding hydrogens is 336 g/mol. The molecule has 3 rings (SSSR count). The summed E-state index contributed by atoms with van der Waals surface area (Å²) in [4.78, 5) is 7.09. The molecule has 0 saturated carbocycles. The molecule has 2 heterocycles. The van der Waals surface area contributed by atoms with Crippen LogP contribution in [0.1, 0.15) is 24.1 Å². The third-order valence-corrected chi connectivity index (χ3v) is 5.48. The predicted octanol–water partition coefficient (Wildman–Crippen LogP) is 2.67. The Balaban J connectivity index is 1.71. The van der Waals surface area contributed by atoms with Crippen molar-refractivity contribution in [3.63, 3.8) is 0 Å². The van der Waals surface area contributed by atoms with Gasteiger partial charge in [0.2, 0.25) is 0 Å². The second-order valence-electron chi connectivity index (χ2n) is 6.54. The minimum absolute atomic E-state index is 0.263. The summed E-state index contributed by atoms with van der Waals surface area (Å²) in [5, 5.41) is 0. The van der Waals surface area contributed by atoms with Gasteiger partial charge in [0.25, 0.3) is 0 Å². The van der Waals surface area contributed by atoms with Crippen LogP contribution in [0.25, 0.3) is 0 Å². The lowest BCUT2D eigenvalue weighted by atomic mass is 10.1. The van der Waals surface area contributed by atoms with Crippen LogP contribution in [0.4, 0.5) is 0 Å². The minimum Gasteiger partial charge on any atom is -0.377 e. The first kappa shape index (κ1) is 18.0. The Morgan fingerprint density at radius 3 is 2.56 bits per heavy atom. The summed E-state index contributed by atoms with van der Waals surface area (Å²) in [5.74, 6) is 0. The zero-order valence-electron chi connectivity index (χ0n) is 14.5. The van der Waals surface area contributed by atoms with E-state index in [4.69, 9.17) is 4.74 Å². The summed E-state index contributed by atoms with van der Waals surface area (Å²) in [7, 11) is -3.16. The molecule has 1 atom stereocenters. The first-order chi connectivity index (χ1) is 12.0. The number of hydrogen-bond donors (Lipinski definition) is 0. The first-order valence-electron chi connectivity index (χ1n) is 8.53. The van der Waals surface area contributed by atoms with Gasteiger partial charge in [0.05, 0.1) is 16.7 Å².